The highest BCUT2D eigenvalue weighted by Gasteiger charge is 2.67. The molecule has 0 saturated carbocycles. The van der Waals surface area contributed by atoms with Gasteiger partial charge in [0.15, 0.2) is 0 Å². The average molecular weight is 613 g/mol. The maximum Gasteiger partial charge on any atom is 0.302 e. The number of hydrogen-bond acceptors (Lipinski definition) is 12. The first-order valence-electron chi connectivity index (χ1n) is 14.9. The van der Waals surface area contributed by atoms with E-state index in [2.05, 4.69) is 0 Å². The lowest BCUT2D eigenvalue weighted by Gasteiger charge is -2.46. The molecular weight excluding hydrogens is 576 g/mol. The lowest BCUT2D eigenvalue weighted by atomic mass is 9.99. The van der Waals surface area contributed by atoms with Gasteiger partial charge in [-0.3, -0.25) is 9.59 Å². The van der Waals surface area contributed by atoms with Gasteiger partial charge in [-0.2, -0.15) is 0 Å². The molecule has 236 valence electrons. The van der Waals surface area contributed by atoms with Crippen LogP contribution in [0.3, 0.4) is 0 Å². The molecule has 5 heterocycles. The van der Waals surface area contributed by atoms with Gasteiger partial charge in [0.1, 0.15) is 63.1 Å². The van der Waals surface area contributed by atoms with Gasteiger partial charge in [0.2, 0.25) is 11.6 Å². The van der Waals surface area contributed by atoms with Gasteiger partial charge < -0.3 is 47.4 Å². The van der Waals surface area contributed by atoms with Gasteiger partial charge in [0.05, 0.1) is 26.4 Å². The summed E-state index contributed by atoms with van der Waals surface area (Å²) < 4.78 is 62.3. The smallest absolute Gasteiger partial charge is 0.302 e. The van der Waals surface area contributed by atoms with Crippen molar-refractivity contribution in [2.24, 2.45) is 0 Å². The van der Waals surface area contributed by atoms with Gasteiger partial charge in [0, 0.05) is 13.8 Å². The topological polar surface area (TPSA) is 126 Å². The second-order valence-corrected chi connectivity index (χ2v) is 11.7. The molecule has 5 aliphatic heterocycles. The minimum absolute atomic E-state index is 0.0419. The van der Waals surface area contributed by atoms with Crippen LogP contribution in [0, 0.1) is 0 Å². The second kappa shape index (κ2) is 12.1. The first-order valence-corrected chi connectivity index (χ1v) is 14.9. The SMILES string of the molecule is CC(=O)OC[C@H]1O[C@@]2(CO[C@]3(CO2)O[C@H](COC(C)=O)[C@H]2OCc4ccccc4CO[C@@H]23)[C@H]2OCc3ccccc3CO[C@H]12. The molecule has 12 nitrogen and oxygen atoms in total. The quantitative estimate of drug-likeness (QED) is 0.471. The van der Waals surface area contributed by atoms with E-state index in [0.717, 1.165) is 22.3 Å². The fourth-order valence-electron chi connectivity index (χ4n) is 6.56. The highest BCUT2D eigenvalue weighted by atomic mass is 16.8. The minimum Gasteiger partial charge on any atom is -0.463 e. The number of benzene rings is 2. The zero-order chi connectivity index (χ0) is 30.3. The first kappa shape index (κ1) is 29.8. The third kappa shape index (κ3) is 5.54. The molecule has 5 aliphatic rings. The summed E-state index contributed by atoms with van der Waals surface area (Å²) in [6, 6.07) is 15.8. The molecule has 0 aliphatic carbocycles. The van der Waals surface area contributed by atoms with Crippen LogP contribution in [0.4, 0.5) is 0 Å². The van der Waals surface area contributed by atoms with Gasteiger partial charge in [-0.15, -0.1) is 0 Å². The van der Waals surface area contributed by atoms with Crippen LogP contribution in [-0.4, -0.2) is 86.6 Å². The standard InChI is InChI=1S/C32H36O12/c1-19(33)35-15-25-27-29(39-13-23-9-5-3-7-21(23)11-37-27)31(43-25)17-42-32(18-41-31)30-28(26(44-32)16-36-20(2)34)38-12-22-8-4-6-10-24(22)14-40-30/h3-10,25-30H,11-18H2,1-2H3/t25-,26-,27-,28-,29+,30+,31-,32+/m1/s1. The number of carbonyl (C=O) groups excluding carboxylic acids is 2. The maximum atomic E-state index is 11.7. The van der Waals surface area contributed by atoms with Crippen molar-refractivity contribution < 1.29 is 57.0 Å². The van der Waals surface area contributed by atoms with Crippen molar-refractivity contribution in [1.82, 2.24) is 0 Å². The van der Waals surface area contributed by atoms with Crippen molar-refractivity contribution in [3.63, 3.8) is 0 Å². The van der Waals surface area contributed by atoms with Crippen molar-refractivity contribution in [3.05, 3.63) is 70.8 Å². The lowest BCUT2D eigenvalue weighted by molar-refractivity contribution is -0.406. The highest BCUT2D eigenvalue weighted by Crippen LogP contribution is 2.47. The zero-order valence-corrected chi connectivity index (χ0v) is 24.6. The highest BCUT2D eigenvalue weighted by molar-refractivity contribution is 5.66. The molecule has 8 atom stereocenters. The number of carbonyl (C=O) groups is 2. The summed E-state index contributed by atoms with van der Waals surface area (Å²) in [6.07, 6.45) is -3.96. The molecule has 12 heteroatoms. The summed E-state index contributed by atoms with van der Waals surface area (Å²) in [5, 5.41) is 0. The summed E-state index contributed by atoms with van der Waals surface area (Å²) in [4.78, 5) is 23.4. The number of hydrogen-bond donors (Lipinski definition) is 0. The van der Waals surface area contributed by atoms with E-state index < -0.39 is 60.1 Å². The van der Waals surface area contributed by atoms with E-state index in [1.54, 1.807) is 0 Å². The monoisotopic (exact) mass is 612 g/mol. The van der Waals surface area contributed by atoms with E-state index in [9.17, 15) is 9.59 Å². The fraction of sp³-hybridized carbons (Fsp3) is 0.562. The van der Waals surface area contributed by atoms with E-state index >= 15 is 0 Å². The van der Waals surface area contributed by atoms with Gasteiger partial charge in [-0.25, -0.2) is 0 Å². The molecule has 0 amide bonds. The Hall–Kier alpha value is -2.94. The third-order valence-corrected chi connectivity index (χ3v) is 8.77. The number of esters is 2. The molecule has 0 N–H and O–H groups in total. The van der Waals surface area contributed by atoms with Crippen LogP contribution >= 0.6 is 0 Å². The second-order valence-electron chi connectivity index (χ2n) is 11.7. The summed E-state index contributed by atoms with van der Waals surface area (Å²) in [6.45, 7) is 3.68. The molecule has 7 rings (SSSR count). The van der Waals surface area contributed by atoms with Crippen LogP contribution in [0.25, 0.3) is 0 Å². The van der Waals surface area contributed by atoms with Crippen molar-refractivity contribution in [1.29, 1.82) is 0 Å². The first-order chi connectivity index (χ1) is 21.4. The molecule has 44 heavy (non-hydrogen) atoms. The predicted molar refractivity (Wildman–Crippen MR) is 148 cm³/mol. The summed E-state index contributed by atoms with van der Waals surface area (Å²) in [5.41, 5.74) is 4.00. The molecular formula is C32H36O12. The molecule has 2 aromatic rings. The van der Waals surface area contributed by atoms with Crippen molar-refractivity contribution in [2.45, 2.75) is 88.5 Å². The van der Waals surface area contributed by atoms with Crippen molar-refractivity contribution in [3.8, 4) is 0 Å². The largest absolute Gasteiger partial charge is 0.463 e. The zero-order valence-electron chi connectivity index (χ0n) is 24.6. The summed E-state index contributed by atoms with van der Waals surface area (Å²) in [5.74, 6) is -3.63. The minimum atomic E-state index is -1.38. The normalized spacial score (nSPS) is 36.1. The molecule has 0 aromatic heterocycles. The van der Waals surface area contributed by atoms with Crippen LogP contribution in [-0.2, 0) is 83.4 Å². The van der Waals surface area contributed by atoms with Crippen LogP contribution in [0.1, 0.15) is 36.1 Å². The van der Waals surface area contributed by atoms with E-state index in [4.69, 9.17) is 47.4 Å². The van der Waals surface area contributed by atoms with E-state index in [1.807, 2.05) is 48.5 Å². The Morgan fingerprint density at radius 1 is 0.636 bits per heavy atom. The molecule has 0 bridgehead atoms. The van der Waals surface area contributed by atoms with Gasteiger partial charge >= 0.3 is 11.9 Å². The Bertz CT molecular complexity index is 1270. The Kier molecular flexibility index (Phi) is 8.18. The lowest BCUT2D eigenvalue weighted by Crippen LogP contribution is -2.63. The van der Waals surface area contributed by atoms with E-state index in [1.165, 1.54) is 13.8 Å². The number of fused-ring (bicyclic) bond motifs is 6. The Balaban J connectivity index is 1.15. The fourth-order valence-corrected chi connectivity index (χ4v) is 6.56. The van der Waals surface area contributed by atoms with E-state index in [0.29, 0.717) is 26.4 Å². The average Bonchev–Trinajstić information content (AvgIpc) is 3.44. The third-order valence-electron chi connectivity index (χ3n) is 8.77. The van der Waals surface area contributed by atoms with Crippen LogP contribution in [0.2, 0.25) is 0 Å². The van der Waals surface area contributed by atoms with Crippen molar-refractivity contribution >= 4 is 11.9 Å². The Morgan fingerprint density at radius 3 is 1.34 bits per heavy atom. The molecule has 2 aromatic carbocycles. The maximum absolute atomic E-state index is 11.7. The summed E-state index contributed by atoms with van der Waals surface area (Å²) >= 11 is 0. The summed E-state index contributed by atoms with van der Waals surface area (Å²) in [7, 11) is 0. The number of ether oxygens (including phenoxy) is 10. The van der Waals surface area contributed by atoms with Gasteiger partial charge in [-0.05, 0) is 22.3 Å². The molecule has 0 radical (unpaired) electrons. The van der Waals surface area contributed by atoms with Gasteiger partial charge in [0.25, 0.3) is 0 Å². The van der Waals surface area contributed by atoms with E-state index in [-0.39, 0.29) is 26.4 Å². The van der Waals surface area contributed by atoms with Gasteiger partial charge in [-0.1, -0.05) is 48.5 Å². The molecule has 0 unspecified atom stereocenters. The molecule has 2 spiro atoms. The van der Waals surface area contributed by atoms with Crippen LogP contribution in [0.15, 0.2) is 48.5 Å². The van der Waals surface area contributed by atoms with Crippen molar-refractivity contribution in [2.75, 3.05) is 26.4 Å². The Morgan fingerprint density at radius 2 is 1.00 bits per heavy atom. The van der Waals surface area contributed by atoms with Crippen LogP contribution in [0.5, 0.6) is 0 Å². The number of rotatable bonds is 4. The predicted octanol–water partition coefficient (Wildman–Crippen LogP) is 2.32. The van der Waals surface area contributed by atoms with Crippen LogP contribution < -0.4 is 0 Å². The Labute approximate surface area is 254 Å². The molecule has 3 saturated heterocycles. The molecule has 3 fully saturated rings.